The smallest absolute Gasteiger partial charge is 0.327 e. The number of anilines is 2. The van der Waals surface area contributed by atoms with Gasteiger partial charge in [0.25, 0.3) is 10.0 Å². The zero-order valence-electron chi connectivity index (χ0n) is 15.6. The number of amides is 1. The van der Waals surface area contributed by atoms with Crippen LogP contribution in [0.25, 0.3) is 0 Å². The molecule has 0 bridgehead atoms. The van der Waals surface area contributed by atoms with Crippen molar-refractivity contribution in [3.63, 3.8) is 0 Å². The summed E-state index contributed by atoms with van der Waals surface area (Å²) in [6.07, 6.45) is 0. The van der Waals surface area contributed by atoms with E-state index in [0.29, 0.717) is 0 Å². The van der Waals surface area contributed by atoms with Gasteiger partial charge in [0.1, 0.15) is 6.04 Å². The highest BCUT2D eigenvalue weighted by atomic mass is 35.5. The summed E-state index contributed by atoms with van der Waals surface area (Å²) in [6, 6.07) is 10.3. The fourth-order valence-electron chi connectivity index (χ4n) is 2.77. The van der Waals surface area contributed by atoms with E-state index in [4.69, 9.17) is 11.6 Å². The molecule has 2 aromatic carbocycles. The maximum Gasteiger partial charge on any atom is 0.327 e. The van der Waals surface area contributed by atoms with Crippen LogP contribution in [0.3, 0.4) is 0 Å². The zero-order valence-corrected chi connectivity index (χ0v) is 17.2. The molecule has 0 spiro atoms. The molecule has 0 saturated carbocycles. The number of aliphatic carboxylic acids is 1. The van der Waals surface area contributed by atoms with Crippen molar-refractivity contribution in [3.05, 3.63) is 53.6 Å². The molecule has 0 aromatic heterocycles. The lowest BCUT2D eigenvalue weighted by Crippen LogP contribution is -2.48. The Balaban J connectivity index is 2.68. The first-order valence-electron chi connectivity index (χ1n) is 8.44. The molecule has 0 aliphatic heterocycles. The molecule has 28 heavy (non-hydrogen) atoms. The quantitative estimate of drug-likeness (QED) is 0.706. The molecule has 0 aliphatic rings. The summed E-state index contributed by atoms with van der Waals surface area (Å²) in [4.78, 5) is 23.1. The molecule has 0 radical (unpaired) electrons. The standard InChI is InChI=1S/C19H21ClN2O5S/c1-12(2)18(19(24)25)22(16-8-4-6-14(20)10-16)28(26,27)17-9-5-7-15(11-17)21-13(3)23/h4-12,18H,1-3H3,(H,21,23)(H,24,25). The predicted octanol–water partition coefficient (Wildman–Crippen LogP) is 3.60. The lowest BCUT2D eigenvalue weighted by Gasteiger charge is -2.32. The molecule has 0 aliphatic carbocycles. The van der Waals surface area contributed by atoms with E-state index in [1.807, 2.05) is 0 Å². The normalized spacial score (nSPS) is 12.5. The van der Waals surface area contributed by atoms with Crippen LogP contribution in [0.4, 0.5) is 11.4 Å². The third kappa shape index (κ3) is 4.82. The van der Waals surface area contributed by atoms with Gasteiger partial charge in [0.05, 0.1) is 10.6 Å². The average molecular weight is 425 g/mol. The van der Waals surface area contributed by atoms with Crippen LogP contribution >= 0.6 is 11.6 Å². The number of rotatable bonds is 7. The van der Waals surface area contributed by atoms with Gasteiger partial charge < -0.3 is 10.4 Å². The fraction of sp³-hybridized carbons (Fsp3) is 0.263. The van der Waals surface area contributed by atoms with Crippen molar-refractivity contribution in [2.45, 2.75) is 31.7 Å². The van der Waals surface area contributed by atoms with Crippen LogP contribution in [0.2, 0.25) is 5.02 Å². The second kappa shape index (κ2) is 8.62. The van der Waals surface area contributed by atoms with Crippen LogP contribution in [0.5, 0.6) is 0 Å². The van der Waals surface area contributed by atoms with Gasteiger partial charge in [0.15, 0.2) is 0 Å². The number of sulfonamides is 1. The number of halogens is 1. The van der Waals surface area contributed by atoms with Gasteiger partial charge in [-0.2, -0.15) is 0 Å². The minimum Gasteiger partial charge on any atom is -0.480 e. The van der Waals surface area contributed by atoms with Crippen LogP contribution < -0.4 is 9.62 Å². The Bertz CT molecular complexity index is 991. The molecule has 1 amide bonds. The molecule has 2 N–H and O–H groups in total. The van der Waals surface area contributed by atoms with E-state index >= 15 is 0 Å². The van der Waals surface area contributed by atoms with Gasteiger partial charge >= 0.3 is 5.97 Å². The lowest BCUT2D eigenvalue weighted by molar-refractivity contribution is -0.139. The van der Waals surface area contributed by atoms with E-state index in [9.17, 15) is 23.1 Å². The summed E-state index contributed by atoms with van der Waals surface area (Å²) in [6.45, 7) is 4.55. The Morgan fingerprint density at radius 1 is 1.11 bits per heavy atom. The molecule has 150 valence electrons. The Morgan fingerprint density at radius 2 is 1.75 bits per heavy atom. The molecule has 9 heteroatoms. The van der Waals surface area contributed by atoms with Crippen molar-refractivity contribution in [1.82, 2.24) is 0 Å². The molecular formula is C19H21ClN2O5S. The number of nitrogens with one attached hydrogen (secondary N) is 1. The van der Waals surface area contributed by atoms with Crippen LogP contribution in [0.1, 0.15) is 20.8 Å². The van der Waals surface area contributed by atoms with Gasteiger partial charge in [-0.15, -0.1) is 0 Å². The number of carboxylic acid groups (broad SMARTS) is 1. The minimum absolute atomic E-state index is 0.138. The van der Waals surface area contributed by atoms with Crippen molar-refractivity contribution in [2.24, 2.45) is 5.92 Å². The number of hydrogen-bond acceptors (Lipinski definition) is 4. The Labute approximate surface area is 169 Å². The average Bonchev–Trinajstić information content (AvgIpc) is 2.58. The van der Waals surface area contributed by atoms with Gasteiger partial charge in [0.2, 0.25) is 5.91 Å². The van der Waals surface area contributed by atoms with Gasteiger partial charge in [0, 0.05) is 17.6 Å². The van der Waals surface area contributed by atoms with Crippen molar-refractivity contribution >= 4 is 44.9 Å². The van der Waals surface area contributed by atoms with Crippen molar-refractivity contribution in [3.8, 4) is 0 Å². The van der Waals surface area contributed by atoms with Crippen molar-refractivity contribution in [2.75, 3.05) is 9.62 Å². The third-order valence-electron chi connectivity index (χ3n) is 3.91. The van der Waals surface area contributed by atoms with Gasteiger partial charge in [-0.25, -0.2) is 13.2 Å². The van der Waals surface area contributed by atoms with Gasteiger partial charge in [-0.3, -0.25) is 9.10 Å². The maximum atomic E-state index is 13.4. The highest BCUT2D eigenvalue weighted by Crippen LogP contribution is 2.31. The highest BCUT2D eigenvalue weighted by Gasteiger charge is 2.38. The number of hydrogen-bond donors (Lipinski definition) is 2. The monoisotopic (exact) mass is 424 g/mol. The van der Waals surface area contributed by atoms with Crippen LogP contribution in [-0.4, -0.2) is 31.4 Å². The maximum absolute atomic E-state index is 13.4. The molecule has 2 aromatic rings. The molecule has 0 heterocycles. The van der Waals surface area contributed by atoms with Crippen LogP contribution in [0.15, 0.2) is 53.4 Å². The summed E-state index contributed by atoms with van der Waals surface area (Å²) < 4.78 is 27.7. The first-order valence-corrected chi connectivity index (χ1v) is 10.3. The lowest BCUT2D eigenvalue weighted by atomic mass is 10.0. The predicted molar refractivity (Wildman–Crippen MR) is 108 cm³/mol. The molecule has 0 fully saturated rings. The SMILES string of the molecule is CC(=O)Nc1cccc(S(=O)(=O)N(c2cccc(Cl)c2)C(C(=O)O)C(C)C)c1. The van der Waals surface area contributed by atoms with Gasteiger partial charge in [-0.05, 0) is 42.3 Å². The topological polar surface area (TPSA) is 104 Å². The molecule has 1 atom stereocenters. The number of carbonyl (C=O) groups is 2. The van der Waals surface area contributed by atoms with Crippen LogP contribution in [0, 0.1) is 5.92 Å². The first kappa shape index (κ1) is 21.7. The van der Waals surface area contributed by atoms with Crippen LogP contribution in [-0.2, 0) is 19.6 Å². The van der Waals surface area contributed by atoms with E-state index in [1.165, 1.54) is 37.3 Å². The van der Waals surface area contributed by atoms with Gasteiger partial charge in [-0.1, -0.05) is 37.6 Å². The third-order valence-corrected chi connectivity index (χ3v) is 5.95. The summed E-state index contributed by atoms with van der Waals surface area (Å²) in [5, 5.41) is 12.5. The van der Waals surface area contributed by atoms with E-state index in [0.717, 1.165) is 4.31 Å². The van der Waals surface area contributed by atoms with E-state index < -0.39 is 28.0 Å². The molecule has 2 rings (SSSR count). The highest BCUT2D eigenvalue weighted by molar-refractivity contribution is 7.93. The summed E-state index contributed by atoms with van der Waals surface area (Å²) in [5.74, 6) is -2.16. The van der Waals surface area contributed by atoms with E-state index in [2.05, 4.69) is 5.32 Å². The molecular weight excluding hydrogens is 404 g/mol. The molecule has 7 nitrogen and oxygen atoms in total. The number of benzene rings is 2. The number of carbonyl (C=O) groups excluding carboxylic acids is 1. The first-order chi connectivity index (χ1) is 13.0. The largest absolute Gasteiger partial charge is 0.480 e. The Kier molecular flexibility index (Phi) is 6.69. The zero-order chi connectivity index (χ0) is 21.1. The molecule has 1 unspecified atom stereocenters. The van der Waals surface area contributed by atoms with Crippen molar-refractivity contribution in [1.29, 1.82) is 0 Å². The van der Waals surface area contributed by atoms with E-state index in [-0.39, 0.29) is 27.2 Å². The molecule has 0 saturated heterocycles. The number of nitrogens with zero attached hydrogens (tertiary/aromatic N) is 1. The number of carboxylic acids is 1. The fourth-order valence-corrected chi connectivity index (χ4v) is 4.73. The Hall–Kier alpha value is -2.58. The Morgan fingerprint density at radius 3 is 2.29 bits per heavy atom. The second-order valence-electron chi connectivity index (χ2n) is 6.52. The van der Waals surface area contributed by atoms with Crippen molar-refractivity contribution < 1.29 is 23.1 Å². The summed E-state index contributed by atoms with van der Waals surface area (Å²) >= 11 is 6.01. The van der Waals surface area contributed by atoms with E-state index in [1.54, 1.807) is 32.0 Å². The second-order valence-corrected chi connectivity index (χ2v) is 8.77. The summed E-state index contributed by atoms with van der Waals surface area (Å²) in [7, 11) is -4.28. The summed E-state index contributed by atoms with van der Waals surface area (Å²) in [5.41, 5.74) is 0.426. The minimum atomic E-state index is -4.28.